The van der Waals surface area contributed by atoms with E-state index in [0.717, 1.165) is 35.1 Å². The van der Waals surface area contributed by atoms with Crippen LogP contribution in [0.1, 0.15) is 127 Å². The summed E-state index contributed by atoms with van der Waals surface area (Å²) in [4.78, 5) is 54.8. The van der Waals surface area contributed by atoms with Gasteiger partial charge in [0.1, 0.15) is 11.2 Å². The molecule has 2 aliphatic rings. The van der Waals surface area contributed by atoms with Gasteiger partial charge < -0.3 is 19.7 Å². The molecule has 2 N–H and O–H groups in total. The van der Waals surface area contributed by atoms with Crippen molar-refractivity contribution in [2.45, 2.75) is 129 Å². The molecule has 0 amide bonds. The summed E-state index contributed by atoms with van der Waals surface area (Å²) in [6.07, 6.45) is 4.44. The highest BCUT2D eigenvalue weighted by Crippen LogP contribution is 2.40. The maximum absolute atomic E-state index is 13.7. The van der Waals surface area contributed by atoms with Crippen LogP contribution in [0.15, 0.2) is 36.4 Å². The third-order valence-electron chi connectivity index (χ3n) is 10.2. The first kappa shape index (κ1) is 35.5. The van der Waals surface area contributed by atoms with Gasteiger partial charge in [-0.1, -0.05) is 69.7 Å². The number of ketones is 2. The molecule has 4 unspecified atom stereocenters. The predicted molar refractivity (Wildman–Crippen MR) is 174 cm³/mol. The third-order valence-corrected chi connectivity index (χ3v) is 10.2. The second-order valence-corrected chi connectivity index (χ2v) is 13.5. The smallest absolute Gasteiger partial charge is 0.315 e. The summed E-state index contributed by atoms with van der Waals surface area (Å²) in [5.41, 5.74) is 0.620. The normalized spacial score (nSPS) is 25.4. The third kappa shape index (κ3) is 7.60. The predicted octanol–water partition coefficient (Wildman–Crippen LogP) is 6.82. The van der Waals surface area contributed by atoms with E-state index in [4.69, 9.17) is 9.47 Å². The quantitative estimate of drug-likeness (QED) is 0.113. The van der Waals surface area contributed by atoms with Crippen molar-refractivity contribution in [1.82, 2.24) is 0 Å². The Hall–Kier alpha value is -3.36. The minimum atomic E-state index is -1.95. The Morgan fingerprint density at radius 1 is 0.696 bits per heavy atom. The molecular weight excluding hydrogens is 584 g/mol. The number of unbranched alkanes of at least 4 members (excludes halogenated alkanes) is 2. The number of carbonyl (C=O) groups is 4. The van der Waals surface area contributed by atoms with Gasteiger partial charge in [-0.25, -0.2) is 0 Å². The van der Waals surface area contributed by atoms with Crippen LogP contribution >= 0.6 is 0 Å². The first-order valence-electron chi connectivity index (χ1n) is 16.9. The average molecular weight is 635 g/mol. The van der Waals surface area contributed by atoms with Crippen LogP contribution in [-0.2, 0) is 19.1 Å². The van der Waals surface area contributed by atoms with Gasteiger partial charge in [0, 0.05) is 17.5 Å². The molecule has 2 aliphatic carbocycles. The standard InChI is InChI=1S/C38H50O8/c1-6-7-8-15-32(45-35(41)30-13-9-11-20-37(30,43)33(39)28-18-16-24(2)26(4)22-28)46-36(42)31-14-10-12-21-38(31,44)34(40)29-19-17-25(3)27(5)23-29/h16-19,22-23,30-32,43-44H,6-15,20-21H2,1-5H3. The molecule has 4 rings (SSSR count). The first-order chi connectivity index (χ1) is 21.8. The lowest BCUT2D eigenvalue weighted by Gasteiger charge is -2.39. The molecule has 0 heterocycles. The molecule has 0 spiro atoms. The topological polar surface area (TPSA) is 127 Å². The number of rotatable bonds is 12. The highest BCUT2D eigenvalue weighted by Gasteiger charge is 2.52. The van der Waals surface area contributed by atoms with Crippen LogP contribution in [0.25, 0.3) is 0 Å². The molecule has 250 valence electrons. The lowest BCUT2D eigenvalue weighted by molar-refractivity contribution is -0.204. The summed E-state index contributed by atoms with van der Waals surface area (Å²) in [6.45, 7) is 9.68. The largest absolute Gasteiger partial charge is 0.425 e. The van der Waals surface area contributed by atoms with Gasteiger partial charge >= 0.3 is 11.9 Å². The summed E-state index contributed by atoms with van der Waals surface area (Å²) in [5.74, 6) is -4.87. The van der Waals surface area contributed by atoms with E-state index < -0.39 is 52.8 Å². The highest BCUT2D eigenvalue weighted by atomic mass is 16.7. The molecular formula is C38H50O8. The van der Waals surface area contributed by atoms with Crippen LogP contribution in [0.2, 0.25) is 0 Å². The van der Waals surface area contributed by atoms with Crippen molar-refractivity contribution in [3.63, 3.8) is 0 Å². The molecule has 0 bridgehead atoms. The molecule has 8 nitrogen and oxygen atoms in total. The molecule has 0 radical (unpaired) electrons. The van der Waals surface area contributed by atoms with Crippen molar-refractivity contribution in [1.29, 1.82) is 0 Å². The number of aryl methyl sites for hydroxylation is 4. The van der Waals surface area contributed by atoms with E-state index in [1.165, 1.54) is 0 Å². The SMILES string of the molecule is CCCCCC(OC(=O)C1CCCCC1(O)C(=O)c1ccc(C)c(C)c1)OC(=O)C1CCCCC1(O)C(=O)c1ccc(C)c(C)c1. The van der Waals surface area contributed by atoms with E-state index in [1.807, 2.05) is 46.8 Å². The van der Waals surface area contributed by atoms with Crippen molar-refractivity contribution in [3.05, 3.63) is 69.8 Å². The Kier molecular flexibility index (Phi) is 11.6. The van der Waals surface area contributed by atoms with E-state index in [0.29, 0.717) is 43.2 Å². The van der Waals surface area contributed by atoms with E-state index in [2.05, 4.69) is 0 Å². The van der Waals surface area contributed by atoms with Gasteiger partial charge in [0.15, 0.2) is 11.6 Å². The maximum Gasteiger partial charge on any atom is 0.315 e. The van der Waals surface area contributed by atoms with Crippen LogP contribution in [0.3, 0.4) is 0 Å². The van der Waals surface area contributed by atoms with E-state index >= 15 is 0 Å². The summed E-state index contributed by atoms with van der Waals surface area (Å²) in [6, 6.07) is 10.4. The van der Waals surface area contributed by atoms with Gasteiger partial charge in [-0.3, -0.25) is 19.2 Å². The maximum atomic E-state index is 13.7. The number of benzene rings is 2. The monoisotopic (exact) mass is 634 g/mol. The number of carbonyl (C=O) groups excluding carboxylic acids is 4. The number of Topliss-reactive ketones (excluding diaryl/α,β-unsaturated/α-hetero) is 2. The van der Waals surface area contributed by atoms with Crippen LogP contribution in [-0.4, -0.2) is 51.2 Å². The van der Waals surface area contributed by atoms with Gasteiger partial charge in [-0.05, 0) is 94.2 Å². The molecule has 46 heavy (non-hydrogen) atoms. The summed E-state index contributed by atoms with van der Waals surface area (Å²) >= 11 is 0. The fraction of sp³-hybridized carbons (Fsp3) is 0.579. The fourth-order valence-corrected chi connectivity index (χ4v) is 6.87. The summed E-state index contributed by atoms with van der Waals surface area (Å²) in [5, 5.41) is 23.5. The van der Waals surface area contributed by atoms with Crippen molar-refractivity contribution in [3.8, 4) is 0 Å². The van der Waals surface area contributed by atoms with Gasteiger partial charge in [-0.2, -0.15) is 0 Å². The molecule has 2 fully saturated rings. The average Bonchev–Trinajstić information content (AvgIpc) is 3.03. The molecule has 2 aromatic rings. The minimum absolute atomic E-state index is 0.120. The Labute approximate surface area is 272 Å². The number of hydrogen-bond donors (Lipinski definition) is 2. The molecule has 2 aromatic carbocycles. The number of hydrogen-bond acceptors (Lipinski definition) is 8. The molecule has 0 aliphatic heterocycles. The highest BCUT2D eigenvalue weighted by molar-refractivity contribution is 6.06. The Morgan fingerprint density at radius 3 is 1.52 bits per heavy atom. The van der Waals surface area contributed by atoms with Crippen molar-refractivity contribution >= 4 is 23.5 Å². The molecule has 2 saturated carbocycles. The lowest BCUT2D eigenvalue weighted by atomic mass is 9.71. The van der Waals surface area contributed by atoms with Crippen LogP contribution in [0, 0.1) is 39.5 Å². The second kappa shape index (κ2) is 15.0. The zero-order chi connectivity index (χ0) is 33.6. The number of ether oxygens (including phenoxy) is 2. The van der Waals surface area contributed by atoms with E-state index in [-0.39, 0.29) is 32.1 Å². The molecule has 8 heteroatoms. The summed E-state index contributed by atoms with van der Waals surface area (Å²) < 4.78 is 11.6. The zero-order valence-corrected chi connectivity index (χ0v) is 28.0. The van der Waals surface area contributed by atoms with Crippen LogP contribution in [0.4, 0.5) is 0 Å². The lowest BCUT2D eigenvalue weighted by Crippen LogP contribution is -2.53. The van der Waals surface area contributed by atoms with Crippen molar-refractivity contribution < 1.29 is 38.9 Å². The van der Waals surface area contributed by atoms with Crippen molar-refractivity contribution in [2.75, 3.05) is 0 Å². The second-order valence-electron chi connectivity index (χ2n) is 13.5. The minimum Gasteiger partial charge on any atom is -0.425 e. The Balaban J connectivity index is 1.55. The van der Waals surface area contributed by atoms with Gasteiger partial charge in [0.25, 0.3) is 0 Å². The van der Waals surface area contributed by atoms with Crippen molar-refractivity contribution in [2.24, 2.45) is 11.8 Å². The fourth-order valence-electron chi connectivity index (χ4n) is 6.87. The number of esters is 2. The van der Waals surface area contributed by atoms with Gasteiger partial charge in [0.2, 0.25) is 6.29 Å². The van der Waals surface area contributed by atoms with Crippen LogP contribution in [0.5, 0.6) is 0 Å². The van der Waals surface area contributed by atoms with Gasteiger partial charge in [0.05, 0.1) is 11.8 Å². The Morgan fingerprint density at radius 2 is 1.13 bits per heavy atom. The molecule has 0 saturated heterocycles. The van der Waals surface area contributed by atoms with Crippen LogP contribution < -0.4 is 0 Å². The number of aliphatic hydroxyl groups is 2. The van der Waals surface area contributed by atoms with E-state index in [9.17, 15) is 29.4 Å². The molecule has 0 aromatic heterocycles. The Bertz CT molecular complexity index is 1340. The first-order valence-corrected chi connectivity index (χ1v) is 16.9. The summed E-state index contributed by atoms with van der Waals surface area (Å²) in [7, 11) is 0. The zero-order valence-electron chi connectivity index (χ0n) is 28.0. The molecule has 4 atom stereocenters. The van der Waals surface area contributed by atoms with E-state index in [1.54, 1.807) is 24.3 Å². The van der Waals surface area contributed by atoms with Gasteiger partial charge in [-0.15, -0.1) is 0 Å².